The summed E-state index contributed by atoms with van der Waals surface area (Å²) in [6, 6.07) is 8.65. The van der Waals surface area contributed by atoms with Gasteiger partial charge in [-0.05, 0) is 50.1 Å². The molecule has 1 fully saturated rings. The number of carbonyl (C=O) groups excluding carboxylic acids is 2. The molecule has 1 aliphatic rings. The molecule has 0 bridgehead atoms. The van der Waals surface area contributed by atoms with Crippen LogP contribution in [0.5, 0.6) is 17.2 Å². The lowest BCUT2D eigenvalue weighted by Crippen LogP contribution is -2.30. The molecule has 2 aromatic carbocycles. The Bertz CT molecular complexity index is 1150. The number of ether oxygens (including phenoxy) is 4. The van der Waals surface area contributed by atoms with E-state index in [9.17, 15) is 18.0 Å². The molecule has 0 saturated heterocycles. The number of nitrogens with one attached hydrogen (secondary N) is 2. The molecule has 178 valence electrons. The first-order chi connectivity index (χ1) is 15.7. The normalized spacial score (nSPS) is 14.2. The standard InChI is InChI=1S/C22H26N2O8S/c1-13(21(25)23-17-12-16(29-2)8-10-18(17)30-3)32-22(26)14-5-9-19(31-4)20(11-14)33(27,28)24-15-6-7-15/h5,8-13,15,24H,6-7H2,1-4H3,(H,23,25). The minimum absolute atomic E-state index is 0.0365. The molecule has 1 atom stereocenters. The summed E-state index contributed by atoms with van der Waals surface area (Å²) in [4.78, 5) is 25.1. The minimum Gasteiger partial charge on any atom is -0.497 e. The quantitative estimate of drug-likeness (QED) is 0.498. The number of sulfonamides is 1. The maximum Gasteiger partial charge on any atom is 0.338 e. The summed E-state index contributed by atoms with van der Waals surface area (Å²) in [6.45, 7) is 1.40. The Morgan fingerprint density at radius 2 is 1.64 bits per heavy atom. The molecule has 2 aromatic rings. The van der Waals surface area contributed by atoms with E-state index < -0.39 is 28.0 Å². The van der Waals surface area contributed by atoms with Crippen molar-refractivity contribution in [3.63, 3.8) is 0 Å². The fourth-order valence-corrected chi connectivity index (χ4v) is 4.43. The number of methoxy groups -OCH3 is 3. The molecule has 10 nitrogen and oxygen atoms in total. The van der Waals surface area contributed by atoms with E-state index in [1.54, 1.807) is 18.2 Å². The van der Waals surface area contributed by atoms with Crippen molar-refractivity contribution in [3.05, 3.63) is 42.0 Å². The van der Waals surface area contributed by atoms with E-state index in [4.69, 9.17) is 18.9 Å². The van der Waals surface area contributed by atoms with Crippen molar-refractivity contribution in [2.24, 2.45) is 0 Å². The summed E-state index contributed by atoms with van der Waals surface area (Å²) in [7, 11) is 0.393. The topological polar surface area (TPSA) is 129 Å². The van der Waals surface area contributed by atoms with Gasteiger partial charge < -0.3 is 24.3 Å². The smallest absolute Gasteiger partial charge is 0.338 e. The fourth-order valence-electron chi connectivity index (χ4n) is 2.93. The Labute approximate surface area is 192 Å². The zero-order chi connectivity index (χ0) is 24.2. The molecule has 11 heteroatoms. The van der Waals surface area contributed by atoms with E-state index in [-0.39, 0.29) is 22.3 Å². The minimum atomic E-state index is -3.88. The number of carbonyl (C=O) groups is 2. The van der Waals surface area contributed by atoms with Gasteiger partial charge in [0.05, 0.1) is 32.6 Å². The summed E-state index contributed by atoms with van der Waals surface area (Å²) < 4.78 is 48.6. The molecule has 33 heavy (non-hydrogen) atoms. The van der Waals surface area contributed by atoms with Crippen molar-refractivity contribution in [2.45, 2.75) is 36.8 Å². The number of esters is 1. The summed E-state index contributed by atoms with van der Waals surface area (Å²) >= 11 is 0. The monoisotopic (exact) mass is 478 g/mol. The molecular weight excluding hydrogens is 452 g/mol. The zero-order valence-electron chi connectivity index (χ0n) is 18.7. The van der Waals surface area contributed by atoms with E-state index >= 15 is 0 Å². The highest BCUT2D eigenvalue weighted by Crippen LogP contribution is 2.30. The number of amides is 1. The zero-order valence-corrected chi connectivity index (χ0v) is 19.5. The van der Waals surface area contributed by atoms with Crippen LogP contribution in [-0.2, 0) is 19.6 Å². The third-order valence-corrected chi connectivity index (χ3v) is 6.45. The predicted octanol–water partition coefficient (Wildman–Crippen LogP) is 2.34. The fraction of sp³-hybridized carbons (Fsp3) is 0.364. The molecule has 0 spiro atoms. The van der Waals surface area contributed by atoms with E-state index in [1.165, 1.54) is 46.5 Å². The summed E-state index contributed by atoms with van der Waals surface area (Å²) in [5.74, 6) is -0.471. The van der Waals surface area contributed by atoms with Crippen LogP contribution in [-0.4, -0.2) is 53.8 Å². The lowest BCUT2D eigenvalue weighted by molar-refractivity contribution is -0.123. The molecule has 2 N–H and O–H groups in total. The lowest BCUT2D eigenvalue weighted by Gasteiger charge is -2.16. The van der Waals surface area contributed by atoms with Crippen LogP contribution < -0.4 is 24.2 Å². The van der Waals surface area contributed by atoms with Gasteiger partial charge in [0, 0.05) is 12.1 Å². The van der Waals surface area contributed by atoms with E-state index in [2.05, 4.69) is 10.0 Å². The SMILES string of the molecule is COc1ccc(OC)c(NC(=O)C(C)OC(=O)c2ccc(OC)c(S(=O)(=O)NC3CC3)c2)c1. The Hall–Kier alpha value is -3.31. The molecule has 1 aliphatic carbocycles. The first-order valence-electron chi connectivity index (χ1n) is 10.1. The third kappa shape index (κ3) is 5.93. The second-order valence-corrected chi connectivity index (χ2v) is 9.05. The Morgan fingerprint density at radius 3 is 2.24 bits per heavy atom. The molecule has 1 saturated carbocycles. The number of hydrogen-bond acceptors (Lipinski definition) is 8. The predicted molar refractivity (Wildman–Crippen MR) is 119 cm³/mol. The molecule has 0 heterocycles. The van der Waals surface area contributed by atoms with Gasteiger partial charge in [0.1, 0.15) is 22.1 Å². The average molecular weight is 479 g/mol. The van der Waals surface area contributed by atoms with Crippen LogP contribution in [0.4, 0.5) is 5.69 Å². The van der Waals surface area contributed by atoms with Gasteiger partial charge in [-0.3, -0.25) is 4.79 Å². The molecule has 0 radical (unpaired) electrons. The van der Waals surface area contributed by atoms with Gasteiger partial charge >= 0.3 is 5.97 Å². The maximum absolute atomic E-state index is 12.7. The van der Waals surface area contributed by atoms with Gasteiger partial charge in [-0.1, -0.05) is 0 Å². The number of benzene rings is 2. The molecule has 3 rings (SSSR count). The van der Waals surface area contributed by atoms with Crippen molar-refractivity contribution in [2.75, 3.05) is 26.6 Å². The average Bonchev–Trinajstić information content (AvgIpc) is 3.61. The van der Waals surface area contributed by atoms with Crippen molar-refractivity contribution in [1.82, 2.24) is 4.72 Å². The first kappa shape index (κ1) is 24.3. The number of hydrogen-bond donors (Lipinski definition) is 2. The van der Waals surface area contributed by atoms with Gasteiger partial charge in [-0.2, -0.15) is 0 Å². The highest BCUT2D eigenvalue weighted by molar-refractivity contribution is 7.89. The highest BCUT2D eigenvalue weighted by atomic mass is 32.2. The van der Waals surface area contributed by atoms with Crippen LogP contribution in [0.1, 0.15) is 30.1 Å². The largest absolute Gasteiger partial charge is 0.497 e. The molecule has 0 aromatic heterocycles. The number of anilines is 1. The molecule has 0 aliphatic heterocycles. The summed E-state index contributed by atoms with van der Waals surface area (Å²) in [5, 5.41) is 2.63. The molecule has 1 amide bonds. The van der Waals surface area contributed by atoms with Crippen LogP contribution in [0.25, 0.3) is 0 Å². The number of rotatable bonds is 10. The maximum atomic E-state index is 12.7. The van der Waals surface area contributed by atoms with Gasteiger partial charge in [-0.15, -0.1) is 0 Å². The van der Waals surface area contributed by atoms with Crippen LogP contribution >= 0.6 is 0 Å². The Morgan fingerprint density at radius 1 is 0.970 bits per heavy atom. The van der Waals surface area contributed by atoms with E-state index in [1.807, 2.05) is 0 Å². The van der Waals surface area contributed by atoms with Gasteiger partial charge in [-0.25, -0.2) is 17.9 Å². The summed E-state index contributed by atoms with van der Waals surface area (Å²) in [6.07, 6.45) is 0.335. The molecule has 1 unspecified atom stereocenters. The van der Waals surface area contributed by atoms with Gasteiger partial charge in [0.15, 0.2) is 6.10 Å². The van der Waals surface area contributed by atoms with Crippen molar-refractivity contribution in [1.29, 1.82) is 0 Å². The first-order valence-corrected chi connectivity index (χ1v) is 11.6. The van der Waals surface area contributed by atoms with E-state index in [0.717, 1.165) is 12.8 Å². The van der Waals surface area contributed by atoms with Crippen LogP contribution in [0.15, 0.2) is 41.3 Å². The summed E-state index contributed by atoms with van der Waals surface area (Å²) in [5.41, 5.74) is 0.305. The van der Waals surface area contributed by atoms with Crippen LogP contribution in [0.2, 0.25) is 0 Å². The van der Waals surface area contributed by atoms with Crippen molar-refractivity contribution in [3.8, 4) is 17.2 Å². The van der Waals surface area contributed by atoms with Crippen LogP contribution in [0.3, 0.4) is 0 Å². The molecular formula is C22H26N2O8S. The Balaban J connectivity index is 1.74. The highest BCUT2D eigenvalue weighted by Gasteiger charge is 2.31. The third-order valence-electron chi connectivity index (χ3n) is 4.91. The van der Waals surface area contributed by atoms with Gasteiger partial charge in [0.25, 0.3) is 5.91 Å². The van der Waals surface area contributed by atoms with Crippen LogP contribution in [0, 0.1) is 0 Å². The van der Waals surface area contributed by atoms with Gasteiger partial charge in [0.2, 0.25) is 10.0 Å². The van der Waals surface area contributed by atoms with Crippen molar-refractivity contribution < 1.29 is 37.0 Å². The second kappa shape index (κ2) is 10.1. The van der Waals surface area contributed by atoms with E-state index in [0.29, 0.717) is 17.2 Å². The lowest BCUT2D eigenvalue weighted by atomic mass is 10.2. The second-order valence-electron chi connectivity index (χ2n) is 7.36. The Kier molecular flexibility index (Phi) is 7.44. The van der Waals surface area contributed by atoms with Crippen molar-refractivity contribution >= 4 is 27.6 Å².